The van der Waals surface area contributed by atoms with Gasteiger partial charge in [-0.1, -0.05) is 35.9 Å². The maximum absolute atomic E-state index is 13.7. The average Bonchev–Trinajstić information content (AvgIpc) is 2.46. The van der Waals surface area contributed by atoms with Crippen molar-refractivity contribution >= 4 is 23.2 Å². The second-order valence-electron chi connectivity index (χ2n) is 4.55. The highest BCUT2D eigenvalue weighted by molar-refractivity contribution is 6.31. The van der Waals surface area contributed by atoms with Crippen molar-refractivity contribution in [1.82, 2.24) is 0 Å². The summed E-state index contributed by atoms with van der Waals surface area (Å²) in [6.07, 6.45) is 0.633. The second kappa shape index (κ2) is 6.96. The Morgan fingerprint density at radius 1 is 1.20 bits per heavy atom. The number of methoxy groups -OCH3 is 1. The van der Waals surface area contributed by atoms with E-state index in [4.69, 9.17) is 27.9 Å². The average molecular weight is 313 g/mol. The van der Waals surface area contributed by atoms with Gasteiger partial charge in [0.15, 0.2) is 11.6 Å². The first-order chi connectivity index (χ1) is 9.65. The molecule has 1 unspecified atom stereocenters. The lowest BCUT2D eigenvalue weighted by molar-refractivity contribution is 0.386. The zero-order chi connectivity index (χ0) is 14.5. The summed E-state index contributed by atoms with van der Waals surface area (Å²) in [4.78, 5) is 0. The minimum atomic E-state index is -0.363. The summed E-state index contributed by atoms with van der Waals surface area (Å²) in [6, 6.07) is 12.6. The van der Waals surface area contributed by atoms with E-state index < -0.39 is 0 Å². The molecule has 0 aliphatic rings. The molecule has 0 heterocycles. The standard InChI is InChI=1S/C16H15Cl2FO/c1-20-16-7-6-11(9-15(16)19)8-12(10-17)13-4-2-3-5-14(13)18/h2-7,9,12H,8,10H2,1H3. The summed E-state index contributed by atoms with van der Waals surface area (Å²) < 4.78 is 18.6. The fourth-order valence-corrected chi connectivity index (χ4v) is 2.74. The fraction of sp³-hybridized carbons (Fsp3) is 0.250. The Labute approximate surface area is 128 Å². The molecule has 0 saturated heterocycles. The lowest BCUT2D eigenvalue weighted by Crippen LogP contribution is -2.06. The predicted octanol–water partition coefficient (Wildman–Crippen LogP) is 5.05. The van der Waals surface area contributed by atoms with E-state index in [9.17, 15) is 4.39 Å². The molecule has 106 valence electrons. The van der Waals surface area contributed by atoms with Gasteiger partial charge in [0.2, 0.25) is 0 Å². The van der Waals surface area contributed by atoms with Crippen molar-refractivity contribution in [2.45, 2.75) is 12.3 Å². The molecular formula is C16H15Cl2FO. The first kappa shape index (κ1) is 15.1. The summed E-state index contributed by atoms with van der Waals surface area (Å²) in [5.41, 5.74) is 1.86. The maximum Gasteiger partial charge on any atom is 0.165 e. The van der Waals surface area contributed by atoms with Crippen LogP contribution in [0.2, 0.25) is 5.02 Å². The van der Waals surface area contributed by atoms with Gasteiger partial charge in [-0.25, -0.2) is 4.39 Å². The van der Waals surface area contributed by atoms with Crippen molar-refractivity contribution in [3.05, 3.63) is 64.4 Å². The minimum absolute atomic E-state index is 0.0539. The first-order valence-electron chi connectivity index (χ1n) is 6.28. The second-order valence-corrected chi connectivity index (χ2v) is 5.26. The van der Waals surface area contributed by atoms with Gasteiger partial charge >= 0.3 is 0 Å². The predicted molar refractivity (Wildman–Crippen MR) is 81.6 cm³/mol. The highest BCUT2D eigenvalue weighted by atomic mass is 35.5. The lowest BCUT2D eigenvalue weighted by atomic mass is 9.93. The summed E-state index contributed by atoms with van der Waals surface area (Å²) in [6.45, 7) is 0. The van der Waals surface area contributed by atoms with E-state index in [1.807, 2.05) is 30.3 Å². The highest BCUT2D eigenvalue weighted by Crippen LogP contribution is 2.29. The summed E-state index contributed by atoms with van der Waals surface area (Å²) in [7, 11) is 1.45. The van der Waals surface area contributed by atoms with Crippen LogP contribution in [0.25, 0.3) is 0 Å². The van der Waals surface area contributed by atoms with Gasteiger partial charge in [-0.2, -0.15) is 0 Å². The van der Waals surface area contributed by atoms with Gasteiger partial charge in [0.05, 0.1) is 7.11 Å². The molecule has 1 nitrogen and oxygen atoms in total. The van der Waals surface area contributed by atoms with Crippen molar-refractivity contribution in [3.8, 4) is 5.75 Å². The Morgan fingerprint density at radius 2 is 1.95 bits per heavy atom. The zero-order valence-electron chi connectivity index (χ0n) is 11.1. The van der Waals surface area contributed by atoms with Gasteiger partial charge in [-0.15, -0.1) is 11.6 Å². The third-order valence-electron chi connectivity index (χ3n) is 3.23. The molecule has 20 heavy (non-hydrogen) atoms. The number of hydrogen-bond donors (Lipinski definition) is 0. The van der Waals surface area contributed by atoms with Gasteiger partial charge in [0.1, 0.15) is 0 Å². The largest absolute Gasteiger partial charge is 0.494 e. The Balaban J connectivity index is 2.23. The van der Waals surface area contributed by atoms with Gasteiger partial charge in [-0.3, -0.25) is 0 Å². The molecule has 0 amide bonds. The number of alkyl halides is 1. The molecule has 0 bridgehead atoms. The Morgan fingerprint density at radius 3 is 2.55 bits per heavy atom. The third kappa shape index (κ3) is 3.44. The van der Waals surface area contributed by atoms with E-state index >= 15 is 0 Å². The van der Waals surface area contributed by atoms with Crippen LogP contribution in [0.4, 0.5) is 4.39 Å². The summed E-state index contributed by atoms with van der Waals surface area (Å²) in [5, 5.41) is 0.687. The summed E-state index contributed by atoms with van der Waals surface area (Å²) >= 11 is 12.2. The molecule has 0 saturated carbocycles. The lowest BCUT2D eigenvalue weighted by Gasteiger charge is -2.16. The van der Waals surface area contributed by atoms with Crippen molar-refractivity contribution in [2.75, 3.05) is 13.0 Å². The Kier molecular flexibility index (Phi) is 5.27. The van der Waals surface area contributed by atoms with Crippen LogP contribution < -0.4 is 4.74 Å². The Hall–Kier alpha value is -1.25. The van der Waals surface area contributed by atoms with E-state index in [1.54, 1.807) is 6.07 Å². The molecular weight excluding hydrogens is 298 g/mol. The quantitative estimate of drug-likeness (QED) is 0.702. The smallest absolute Gasteiger partial charge is 0.165 e. The van der Waals surface area contributed by atoms with Gasteiger partial charge in [0, 0.05) is 16.8 Å². The monoisotopic (exact) mass is 312 g/mol. The van der Waals surface area contributed by atoms with Gasteiger partial charge in [-0.05, 0) is 35.7 Å². The van der Waals surface area contributed by atoms with Crippen molar-refractivity contribution in [1.29, 1.82) is 0 Å². The molecule has 0 aromatic heterocycles. The Bertz CT molecular complexity index is 586. The normalized spacial score (nSPS) is 12.2. The van der Waals surface area contributed by atoms with Crippen molar-refractivity contribution in [2.24, 2.45) is 0 Å². The highest BCUT2D eigenvalue weighted by Gasteiger charge is 2.15. The topological polar surface area (TPSA) is 9.23 Å². The molecule has 0 aliphatic heterocycles. The van der Waals surface area contributed by atoms with Crippen LogP contribution in [0, 0.1) is 5.82 Å². The van der Waals surface area contributed by atoms with Crippen LogP contribution >= 0.6 is 23.2 Å². The molecule has 0 spiro atoms. The van der Waals surface area contributed by atoms with Crippen LogP contribution in [0.15, 0.2) is 42.5 Å². The summed E-state index contributed by atoms with van der Waals surface area (Å²) in [5.74, 6) is 0.363. The molecule has 0 fully saturated rings. The van der Waals surface area contributed by atoms with E-state index in [0.29, 0.717) is 17.3 Å². The number of ether oxygens (including phenoxy) is 1. The van der Waals surface area contributed by atoms with Gasteiger partial charge < -0.3 is 4.74 Å². The number of rotatable bonds is 5. The molecule has 2 aromatic rings. The number of hydrogen-bond acceptors (Lipinski definition) is 1. The third-order valence-corrected chi connectivity index (χ3v) is 3.95. The van der Waals surface area contributed by atoms with Crippen molar-refractivity contribution in [3.63, 3.8) is 0 Å². The zero-order valence-corrected chi connectivity index (χ0v) is 12.6. The van der Waals surface area contributed by atoms with Crippen LogP contribution in [0.3, 0.4) is 0 Å². The molecule has 2 rings (SSSR count). The van der Waals surface area contributed by atoms with Crippen LogP contribution in [0.1, 0.15) is 17.0 Å². The van der Waals surface area contributed by atoms with E-state index in [1.165, 1.54) is 13.2 Å². The van der Waals surface area contributed by atoms with Crippen LogP contribution in [-0.2, 0) is 6.42 Å². The fourth-order valence-electron chi connectivity index (χ4n) is 2.18. The van der Waals surface area contributed by atoms with Crippen LogP contribution in [-0.4, -0.2) is 13.0 Å². The molecule has 0 aliphatic carbocycles. The van der Waals surface area contributed by atoms with Crippen molar-refractivity contribution < 1.29 is 9.13 Å². The van der Waals surface area contributed by atoms with E-state index in [0.717, 1.165) is 11.1 Å². The van der Waals surface area contributed by atoms with E-state index in [-0.39, 0.29) is 17.5 Å². The molecule has 0 radical (unpaired) electrons. The molecule has 2 aromatic carbocycles. The number of benzene rings is 2. The minimum Gasteiger partial charge on any atom is -0.494 e. The SMILES string of the molecule is COc1ccc(CC(CCl)c2ccccc2Cl)cc1F. The van der Waals surface area contributed by atoms with Gasteiger partial charge in [0.25, 0.3) is 0 Å². The first-order valence-corrected chi connectivity index (χ1v) is 7.19. The molecule has 0 N–H and O–H groups in total. The van der Waals surface area contributed by atoms with Crippen LogP contribution in [0.5, 0.6) is 5.75 Å². The maximum atomic E-state index is 13.7. The number of halogens is 3. The van der Waals surface area contributed by atoms with E-state index in [2.05, 4.69) is 0 Å². The molecule has 4 heteroatoms. The molecule has 1 atom stereocenters.